The fourth-order valence-corrected chi connectivity index (χ4v) is 2.43. The molecular formula is C21H25NO. The smallest absolute Gasteiger partial charge is 0.162 e. The molecule has 120 valence electrons. The second-order valence-corrected chi connectivity index (χ2v) is 6.05. The molecule has 2 aromatic carbocycles. The molecule has 0 N–H and O–H groups in total. The Labute approximate surface area is 139 Å². The maximum Gasteiger partial charge on any atom is 0.162 e. The van der Waals surface area contributed by atoms with Crippen molar-refractivity contribution in [3.05, 3.63) is 71.3 Å². The SMILES string of the molecule is CN(C)CCCCC(=O)c1cccc(/C=C/c2ccccc2)c1. The van der Waals surface area contributed by atoms with Crippen LogP contribution in [0.5, 0.6) is 0 Å². The van der Waals surface area contributed by atoms with Gasteiger partial charge in [-0.1, -0.05) is 60.7 Å². The van der Waals surface area contributed by atoms with Crippen molar-refractivity contribution in [3.63, 3.8) is 0 Å². The summed E-state index contributed by atoms with van der Waals surface area (Å²) in [6.45, 7) is 1.03. The van der Waals surface area contributed by atoms with Gasteiger partial charge in [0.05, 0.1) is 0 Å². The summed E-state index contributed by atoms with van der Waals surface area (Å²) in [5.41, 5.74) is 3.03. The molecule has 0 bridgehead atoms. The summed E-state index contributed by atoms with van der Waals surface area (Å²) in [4.78, 5) is 14.4. The van der Waals surface area contributed by atoms with Gasteiger partial charge < -0.3 is 4.90 Å². The van der Waals surface area contributed by atoms with Gasteiger partial charge in [0, 0.05) is 12.0 Å². The predicted molar refractivity (Wildman–Crippen MR) is 98.5 cm³/mol. The van der Waals surface area contributed by atoms with Gasteiger partial charge >= 0.3 is 0 Å². The summed E-state index contributed by atoms with van der Waals surface area (Å²) >= 11 is 0. The van der Waals surface area contributed by atoms with Crippen molar-refractivity contribution < 1.29 is 4.79 Å². The van der Waals surface area contributed by atoms with Crippen LogP contribution in [0.3, 0.4) is 0 Å². The molecule has 0 atom stereocenters. The van der Waals surface area contributed by atoms with E-state index in [9.17, 15) is 4.79 Å². The Hall–Kier alpha value is -2.19. The first kappa shape index (κ1) is 17.2. The van der Waals surface area contributed by atoms with Gasteiger partial charge in [0.15, 0.2) is 5.78 Å². The zero-order valence-corrected chi connectivity index (χ0v) is 14.0. The molecule has 0 saturated heterocycles. The molecule has 0 aliphatic heterocycles. The normalized spacial score (nSPS) is 11.3. The quantitative estimate of drug-likeness (QED) is 0.398. The Morgan fingerprint density at radius 3 is 2.35 bits per heavy atom. The number of benzene rings is 2. The highest BCUT2D eigenvalue weighted by Gasteiger charge is 2.05. The van der Waals surface area contributed by atoms with E-state index >= 15 is 0 Å². The average Bonchev–Trinajstić information content (AvgIpc) is 2.58. The van der Waals surface area contributed by atoms with Crippen molar-refractivity contribution in [2.24, 2.45) is 0 Å². The number of hydrogen-bond donors (Lipinski definition) is 0. The van der Waals surface area contributed by atoms with Gasteiger partial charge in [0.2, 0.25) is 0 Å². The molecule has 0 spiro atoms. The van der Waals surface area contributed by atoms with Crippen molar-refractivity contribution in [2.75, 3.05) is 20.6 Å². The van der Waals surface area contributed by atoms with Crippen LogP contribution in [0.15, 0.2) is 54.6 Å². The molecule has 2 rings (SSSR count). The third kappa shape index (κ3) is 6.21. The van der Waals surface area contributed by atoms with E-state index in [0.717, 1.165) is 36.1 Å². The largest absolute Gasteiger partial charge is 0.309 e. The van der Waals surface area contributed by atoms with Gasteiger partial charge in [-0.25, -0.2) is 0 Å². The van der Waals surface area contributed by atoms with E-state index in [2.05, 4.69) is 43.3 Å². The lowest BCUT2D eigenvalue weighted by Gasteiger charge is -2.08. The molecule has 23 heavy (non-hydrogen) atoms. The summed E-state index contributed by atoms with van der Waals surface area (Å²) in [5, 5.41) is 0. The number of carbonyl (C=O) groups excluding carboxylic acids is 1. The topological polar surface area (TPSA) is 20.3 Å². The van der Waals surface area contributed by atoms with Crippen molar-refractivity contribution in [3.8, 4) is 0 Å². The van der Waals surface area contributed by atoms with Gasteiger partial charge in [-0.15, -0.1) is 0 Å². The van der Waals surface area contributed by atoms with Gasteiger partial charge in [0.1, 0.15) is 0 Å². The first-order valence-electron chi connectivity index (χ1n) is 8.16. The predicted octanol–water partition coefficient (Wildman–Crippen LogP) is 4.77. The van der Waals surface area contributed by atoms with Gasteiger partial charge in [-0.3, -0.25) is 4.79 Å². The molecule has 0 aliphatic rings. The van der Waals surface area contributed by atoms with Crippen LogP contribution in [-0.4, -0.2) is 31.3 Å². The first-order chi connectivity index (χ1) is 11.1. The second kappa shape index (κ2) is 9.06. The summed E-state index contributed by atoms with van der Waals surface area (Å²) in [5.74, 6) is 0.235. The maximum absolute atomic E-state index is 12.3. The van der Waals surface area contributed by atoms with Crippen molar-refractivity contribution in [1.82, 2.24) is 4.90 Å². The number of carbonyl (C=O) groups is 1. The van der Waals surface area contributed by atoms with Gasteiger partial charge in [0.25, 0.3) is 0 Å². The molecule has 2 heteroatoms. The van der Waals surface area contributed by atoms with Crippen LogP contribution in [0.25, 0.3) is 12.2 Å². The molecule has 0 saturated carbocycles. The Morgan fingerprint density at radius 1 is 0.913 bits per heavy atom. The van der Waals surface area contributed by atoms with E-state index in [0.29, 0.717) is 6.42 Å². The third-order valence-corrected chi connectivity index (χ3v) is 3.74. The molecule has 0 fully saturated rings. The minimum absolute atomic E-state index is 0.235. The second-order valence-electron chi connectivity index (χ2n) is 6.05. The van der Waals surface area contributed by atoms with Crippen LogP contribution in [-0.2, 0) is 0 Å². The highest BCUT2D eigenvalue weighted by Crippen LogP contribution is 2.13. The highest BCUT2D eigenvalue weighted by atomic mass is 16.1. The molecule has 0 heterocycles. The van der Waals surface area contributed by atoms with Crippen LogP contribution < -0.4 is 0 Å². The monoisotopic (exact) mass is 307 g/mol. The standard InChI is InChI=1S/C21H25NO/c1-22(2)16-7-6-13-21(23)20-12-8-11-19(17-20)15-14-18-9-4-3-5-10-18/h3-5,8-12,14-15,17H,6-7,13,16H2,1-2H3/b15-14+. The summed E-state index contributed by atoms with van der Waals surface area (Å²) in [6.07, 6.45) is 6.76. The number of rotatable bonds is 8. The Balaban J connectivity index is 1.94. The van der Waals surface area contributed by atoms with Crippen LogP contribution in [0.4, 0.5) is 0 Å². The van der Waals surface area contributed by atoms with Gasteiger partial charge in [-0.2, -0.15) is 0 Å². The molecule has 0 amide bonds. The van der Waals surface area contributed by atoms with E-state index in [1.807, 2.05) is 42.5 Å². The summed E-state index contributed by atoms with van der Waals surface area (Å²) in [7, 11) is 4.12. The van der Waals surface area contributed by atoms with Gasteiger partial charge in [-0.05, 0) is 50.7 Å². The minimum Gasteiger partial charge on any atom is -0.309 e. The number of nitrogens with zero attached hydrogens (tertiary/aromatic N) is 1. The maximum atomic E-state index is 12.3. The number of unbranched alkanes of at least 4 members (excludes halogenated alkanes) is 1. The van der Waals surface area contributed by atoms with E-state index in [4.69, 9.17) is 0 Å². The average molecular weight is 307 g/mol. The summed E-state index contributed by atoms with van der Waals surface area (Å²) < 4.78 is 0. The minimum atomic E-state index is 0.235. The fraction of sp³-hybridized carbons (Fsp3) is 0.286. The molecule has 0 radical (unpaired) electrons. The number of hydrogen-bond acceptors (Lipinski definition) is 2. The molecule has 2 nitrogen and oxygen atoms in total. The first-order valence-corrected chi connectivity index (χ1v) is 8.16. The molecule has 2 aromatic rings. The zero-order chi connectivity index (χ0) is 16.5. The van der Waals surface area contributed by atoms with E-state index < -0.39 is 0 Å². The van der Waals surface area contributed by atoms with E-state index in [1.54, 1.807) is 0 Å². The van der Waals surface area contributed by atoms with Crippen LogP contribution in [0.2, 0.25) is 0 Å². The highest BCUT2D eigenvalue weighted by molar-refractivity contribution is 5.96. The van der Waals surface area contributed by atoms with E-state index in [1.165, 1.54) is 0 Å². The number of ketones is 1. The Kier molecular flexibility index (Phi) is 6.76. The summed E-state index contributed by atoms with van der Waals surface area (Å²) in [6, 6.07) is 18.1. The van der Waals surface area contributed by atoms with Crippen LogP contribution in [0.1, 0.15) is 40.7 Å². The zero-order valence-electron chi connectivity index (χ0n) is 14.0. The van der Waals surface area contributed by atoms with Crippen molar-refractivity contribution in [1.29, 1.82) is 0 Å². The molecule has 0 aliphatic carbocycles. The molecular weight excluding hydrogens is 282 g/mol. The molecule has 0 unspecified atom stereocenters. The Bertz CT molecular complexity index is 644. The number of Topliss-reactive ketones (excluding diaryl/α,β-unsaturated/α-hetero) is 1. The lowest BCUT2D eigenvalue weighted by Crippen LogP contribution is -2.13. The molecule has 0 aromatic heterocycles. The van der Waals surface area contributed by atoms with Crippen molar-refractivity contribution in [2.45, 2.75) is 19.3 Å². The lowest BCUT2D eigenvalue weighted by molar-refractivity contribution is 0.0978. The lowest BCUT2D eigenvalue weighted by atomic mass is 10.0. The van der Waals surface area contributed by atoms with Crippen molar-refractivity contribution >= 4 is 17.9 Å². The Morgan fingerprint density at radius 2 is 1.61 bits per heavy atom. The third-order valence-electron chi connectivity index (χ3n) is 3.74. The van der Waals surface area contributed by atoms with E-state index in [-0.39, 0.29) is 5.78 Å². The van der Waals surface area contributed by atoms with Crippen LogP contribution in [0, 0.1) is 0 Å². The van der Waals surface area contributed by atoms with Crippen LogP contribution >= 0.6 is 0 Å². The fourth-order valence-electron chi connectivity index (χ4n) is 2.43.